The third kappa shape index (κ3) is 12.1. The van der Waals surface area contributed by atoms with Gasteiger partial charge in [0.05, 0.1) is 12.6 Å². The van der Waals surface area contributed by atoms with Gasteiger partial charge in [0.1, 0.15) is 5.78 Å². The number of allylic oxidation sites excluding steroid dienone is 3. The van der Waals surface area contributed by atoms with Crippen molar-refractivity contribution in [3.8, 4) is 0 Å². The first-order valence-electron chi connectivity index (χ1n) is 21.9. The van der Waals surface area contributed by atoms with Crippen LogP contribution in [0.2, 0.25) is 0 Å². The first-order chi connectivity index (χ1) is 26.1. The monoisotopic (exact) mass is 739 g/mol. The van der Waals surface area contributed by atoms with E-state index >= 15 is 0 Å². The normalized spacial score (nSPS) is 17.7. The summed E-state index contributed by atoms with van der Waals surface area (Å²) in [5, 5.41) is 0. The Morgan fingerprint density at radius 2 is 1.17 bits per heavy atom. The maximum Gasteiger partial charge on any atom is 0.305 e. The van der Waals surface area contributed by atoms with Gasteiger partial charge < -0.3 is 14.5 Å². The molecule has 0 bridgehead atoms. The number of unbranched alkanes of at least 4 members (excludes halogenated alkanes) is 14. The van der Waals surface area contributed by atoms with Crippen LogP contribution in [0.15, 0.2) is 72.5 Å². The van der Waals surface area contributed by atoms with Crippen LogP contribution < -0.4 is 9.80 Å². The highest BCUT2D eigenvalue weighted by atomic mass is 16.5. The Kier molecular flexibility index (Phi) is 17.9. The fraction of sp³-hybridized carbons (Fsp3) is 0.633. The molecule has 2 aliphatic rings. The minimum Gasteiger partial charge on any atom is -0.466 e. The summed E-state index contributed by atoms with van der Waals surface area (Å²) in [6.45, 7) is 16.1. The van der Waals surface area contributed by atoms with Crippen LogP contribution in [0, 0.1) is 0 Å². The molecule has 0 radical (unpaired) electrons. The van der Waals surface area contributed by atoms with Crippen LogP contribution in [-0.2, 0) is 25.2 Å². The predicted octanol–water partition coefficient (Wildman–Crippen LogP) is 13.0. The van der Waals surface area contributed by atoms with Gasteiger partial charge >= 0.3 is 5.97 Å². The van der Waals surface area contributed by atoms with Crippen molar-refractivity contribution in [3.63, 3.8) is 0 Å². The van der Waals surface area contributed by atoms with Crippen LogP contribution in [0.25, 0.3) is 0 Å². The van der Waals surface area contributed by atoms with Crippen LogP contribution in [-0.4, -0.2) is 37.5 Å². The molecule has 1 unspecified atom stereocenters. The number of anilines is 2. The topological polar surface area (TPSA) is 49.9 Å². The molecule has 5 nitrogen and oxygen atoms in total. The van der Waals surface area contributed by atoms with Crippen molar-refractivity contribution in [2.45, 2.75) is 180 Å². The Morgan fingerprint density at radius 1 is 0.648 bits per heavy atom. The Bertz CT molecular complexity index is 1500. The van der Waals surface area contributed by atoms with E-state index in [1.165, 1.54) is 112 Å². The van der Waals surface area contributed by atoms with Crippen molar-refractivity contribution in [1.29, 1.82) is 0 Å². The second kappa shape index (κ2) is 22.3. The second-order valence-corrected chi connectivity index (χ2v) is 17.0. The standard InChI is InChI=1S/C49H74N2O3/c1-7-40(52)30-21-17-13-9-11-15-19-27-38-50-43-33-25-23-31-41(43)48(3,4)45(50)35-29-36-46-49(5,6)42-32-24-26-34-44(42)51(46)39-28-20-16-12-10-14-18-22-37-47(53)54-8-2/h23-26,29,31-36,46H,7-22,27-28,30,37-39H2,1-6H3. The Balaban J connectivity index is 1.32. The van der Waals surface area contributed by atoms with Crippen molar-refractivity contribution in [3.05, 3.63) is 83.6 Å². The average Bonchev–Trinajstić information content (AvgIpc) is 3.51. The van der Waals surface area contributed by atoms with Gasteiger partial charge in [-0.1, -0.05) is 160 Å². The first kappa shape index (κ1) is 43.4. The molecule has 1 atom stereocenters. The molecule has 5 heteroatoms. The molecule has 2 aliphatic heterocycles. The van der Waals surface area contributed by atoms with Crippen molar-refractivity contribution in [2.24, 2.45) is 0 Å². The number of Topliss-reactive ketones (excluding diaryl/α,β-unsaturated/α-hetero) is 1. The van der Waals surface area contributed by atoms with Gasteiger partial charge in [-0.25, -0.2) is 0 Å². The van der Waals surface area contributed by atoms with E-state index in [1.807, 2.05) is 13.8 Å². The molecule has 0 saturated heterocycles. The van der Waals surface area contributed by atoms with Crippen molar-refractivity contribution >= 4 is 23.1 Å². The van der Waals surface area contributed by atoms with Gasteiger partial charge in [-0.3, -0.25) is 9.59 Å². The third-order valence-electron chi connectivity index (χ3n) is 12.1. The maximum atomic E-state index is 11.6. The van der Waals surface area contributed by atoms with Gasteiger partial charge in [-0.15, -0.1) is 0 Å². The van der Waals surface area contributed by atoms with E-state index in [9.17, 15) is 9.59 Å². The number of carbonyl (C=O) groups excluding carboxylic acids is 2. The molecular formula is C49H74N2O3. The molecule has 0 spiro atoms. The summed E-state index contributed by atoms with van der Waals surface area (Å²) in [5.74, 6) is 0.355. The molecule has 2 aromatic carbocycles. The number of para-hydroxylation sites is 2. The van der Waals surface area contributed by atoms with Crippen LogP contribution in [0.5, 0.6) is 0 Å². The van der Waals surface area contributed by atoms with Crippen molar-refractivity contribution < 1.29 is 14.3 Å². The van der Waals surface area contributed by atoms with Crippen LogP contribution in [0.1, 0.15) is 175 Å². The number of benzene rings is 2. The van der Waals surface area contributed by atoms with Crippen LogP contribution >= 0.6 is 0 Å². The number of ether oxygens (including phenoxy) is 1. The van der Waals surface area contributed by atoms with E-state index in [-0.39, 0.29) is 16.8 Å². The summed E-state index contributed by atoms with van der Waals surface area (Å²) in [4.78, 5) is 28.4. The largest absolute Gasteiger partial charge is 0.466 e. The lowest BCUT2D eigenvalue weighted by atomic mass is 9.80. The average molecular weight is 739 g/mol. The summed E-state index contributed by atoms with van der Waals surface area (Å²) >= 11 is 0. The quantitative estimate of drug-likeness (QED) is 0.0710. The van der Waals surface area contributed by atoms with Gasteiger partial charge in [0, 0.05) is 60.3 Å². The first-order valence-corrected chi connectivity index (χ1v) is 21.9. The van der Waals surface area contributed by atoms with E-state index in [1.54, 1.807) is 0 Å². The molecule has 0 amide bonds. The molecule has 298 valence electrons. The number of hydrogen-bond donors (Lipinski definition) is 0. The van der Waals surface area contributed by atoms with E-state index in [4.69, 9.17) is 4.74 Å². The molecule has 0 fully saturated rings. The fourth-order valence-corrected chi connectivity index (χ4v) is 8.88. The number of hydrogen-bond acceptors (Lipinski definition) is 5. The molecule has 0 aliphatic carbocycles. The molecule has 0 aromatic heterocycles. The van der Waals surface area contributed by atoms with Gasteiger partial charge in [0.2, 0.25) is 0 Å². The van der Waals surface area contributed by atoms with Crippen LogP contribution in [0.3, 0.4) is 0 Å². The summed E-state index contributed by atoms with van der Waals surface area (Å²) in [6.07, 6.45) is 28.7. The minimum atomic E-state index is -0.0536. The summed E-state index contributed by atoms with van der Waals surface area (Å²) in [7, 11) is 0. The molecule has 2 aromatic rings. The zero-order valence-corrected chi connectivity index (χ0v) is 35.1. The highest BCUT2D eigenvalue weighted by Crippen LogP contribution is 2.48. The van der Waals surface area contributed by atoms with E-state index < -0.39 is 0 Å². The number of nitrogens with zero attached hydrogens (tertiary/aromatic N) is 2. The fourth-order valence-electron chi connectivity index (χ4n) is 8.88. The Labute approximate surface area is 330 Å². The summed E-state index contributed by atoms with van der Waals surface area (Å²) in [5.41, 5.74) is 7.03. The van der Waals surface area contributed by atoms with Gasteiger partial charge in [-0.05, 0) is 61.9 Å². The SMILES string of the molecule is CCOC(=O)CCCCCCCCCCN1c2ccccc2C(C)(C)C1C=CC=C1N(CCCCCCCCCCC(=O)CC)c2ccccc2C1(C)C. The Morgan fingerprint density at radius 3 is 1.78 bits per heavy atom. The minimum absolute atomic E-state index is 0.0237. The molecule has 54 heavy (non-hydrogen) atoms. The van der Waals surface area contributed by atoms with E-state index in [2.05, 4.69) is 104 Å². The van der Waals surface area contributed by atoms with Crippen molar-refractivity contribution in [1.82, 2.24) is 0 Å². The molecular weight excluding hydrogens is 665 g/mol. The lowest BCUT2D eigenvalue weighted by Gasteiger charge is -2.32. The number of fused-ring (bicyclic) bond motifs is 2. The highest BCUT2D eigenvalue weighted by molar-refractivity contribution is 5.77. The summed E-state index contributed by atoms with van der Waals surface area (Å²) in [6, 6.07) is 18.4. The highest BCUT2D eigenvalue weighted by Gasteiger charge is 2.43. The number of rotatable bonds is 26. The maximum absolute atomic E-state index is 11.6. The lowest BCUT2D eigenvalue weighted by Crippen LogP contribution is -2.40. The molecule has 4 rings (SSSR count). The third-order valence-corrected chi connectivity index (χ3v) is 12.1. The number of ketones is 1. The zero-order valence-electron chi connectivity index (χ0n) is 35.1. The predicted molar refractivity (Wildman–Crippen MR) is 230 cm³/mol. The number of carbonyl (C=O) groups is 2. The van der Waals surface area contributed by atoms with E-state index in [0.717, 1.165) is 38.8 Å². The molecule has 0 N–H and O–H groups in total. The second-order valence-electron chi connectivity index (χ2n) is 17.0. The van der Waals surface area contributed by atoms with E-state index in [0.29, 0.717) is 31.3 Å². The number of esters is 1. The molecule has 2 heterocycles. The Hall–Kier alpha value is -3.34. The lowest BCUT2D eigenvalue weighted by molar-refractivity contribution is -0.143. The van der Waals surface area contributed by atoms with Gasteiger partial charge in [0.15, 0.2) is 0 Å². The van der Waals surface area contributed by atoms with Gasteiger partial charge in [-0.2, -0.15) is 0 Å². The van der Waals surface area contributed by atoms with Crippen LogP contribution in [0.4, 0.5) is 11.4 Å². The molecule has 0 saturated carbocycles. The summed E-state index contributed by atoms with van der Waals surface area (Å²) < 4.78 is 5.05. The van der Waals surface area contributed by atoms with Gasteiger partial charge in [0.25, 0.3) is 0 Å². The van der Waals surface area contributed by atoms with Crippen molar-refractivity contribution in [2.75, 3.05) is 29.5 Å². The smallest absolute Gasteiger partial charge is 0.305 e. The zero-order chi connectivity index (χ0) is 38.8.